The van der Waals surface area contributed by atoms with Crippen molar-refractivity contribution in [1.29, 1.82) is 0 Å². The van der Waals surface area contributed by atoms with Crippen LogP contribution in [-0.4, -0.2) is 62.5 Å². The normalized spacial score (nSPS) is 20.4. The lowest BCUT2D eigenvalue weighted by atomic mass is 10.1. The van der Waals surface area contributed by atoms with E-state index in [1.165, 1.54) is 0 Å². The second kappa shape index (κ2) is 10.5. The number of anilines is 1. The minimum Gasteiger partial charge on any atom is -0.356 e. The van der Waals surface area contributed by atoms with Crippen molar-refractivity contribution in [1.82, 2.24) is 15.5 Å². The van der Waals surface area contributed by atoms with Crippen molar-refractivity contribution in [3.05, 3.63) is 28.2 Å². The van der Waals surface area contributed by atoms with Crippen molar-refractivity contribution < 1.29 is 9.59 Å². The van der Waals surface area contributed by atoms with E-state index in [4.69, 9.17) is 23.2 Å². The van der Waals surface area contributed by atoms with E-state index in [0.717, 1.165) is 39.1 Å². The van der Waals surface area contributed by atoms with Crippen molar-refractivity contribution in [2.24, 2.45) is 5.92 Å². The molecule has 6 nitrogen and oxygen atoms in total. The fraction of sp³-hybridized carbons (Fsp3) is 0.556. The lowest BCUT2D eigenvalue weighted by Crippen LogP contribution is -2.44. The molecule has 1 atom stereocenters. The van der Waals surface area contributed by atoms with Crippen LogP contribution in [0.2, 0.25) is 10.0 Å². The number of hydrogen-bond acceptors (Lipinski definition) is 4. The molecule has 2 amide bonds. The van der Waals surface area contributed by atoms with Gasteiger partial charge in [-0.2, -0.15) is 0 Å². The molecule has 150 valence electrons. The van der Waals surface area contributed by atoms with E-state index in [0.29, 0.717) is 28.8 Å². The molecule has 3 rings (SSSR count). The molecule has 2 saturated heterocycles. The summed E-state index contributed by atoms with van der Waals surface area (Å²) in [6.45, 7) is 6.15. The number of carbonyl (C=O) groups is 2. The van der Waals surface area contributed by atoms with Gasteiger partial charge in [-0.1, -0.05) is 23.2 Å². The Labute approximate surface area is 176 Å². The van der Waals surface area contributed by atoms with Gasteiger partial charge in [0.1, 0.15) is 0 Å². The standard InChI is InChI=1S/C18H24Cl2N4O2.ClH/c19-14-9-15(20)11-16(10-14)24-12-13(8-17(24)25)18(26)22-2-1-5-23-6-3-21-4-7-23;/h9-11,13,21H,1-8,12H2,(H,22,26);1H. The van der Waals surface area contributed by atoms with Gasteiger partial charge in [0, 0.05) is 61.4 Å². The van der Waals surface area contributed by atoms with Gasteiger partial charge in [-0.05, 0) is 31.2 Å². The molecule has 0 saturated carbocycles. The topological polar surface area (TPSA) is 64.7 Å². The maximum Gasteiger partial charge on any atom is 0.227 e. The smallest absolute Gasteiger partial charge is 0.227 e. The van der Waals surface area contributed by atoms with Crippen LogP contribution in [0.4, 0.5) is 5.69 Å². The van der Waals surface area contributed by atoms with Crippen LogP contribution in [0.3, 0.4) is 0 Å². The number of piperazine rings is 1. The molecule has 2 fully saturated rings. The zero-order valence-corrected chi connectivity index (χ0v) is 17.4. The molecule has 2 N–H and O–H groups in total. The van der Waals surface area contributed by atoms with E-state index in [2.05, 4.69) is 15.5 Å². The molecule has 1 aromatic carbocycles. The third-order valence-electron chi connectivity index (χ3n) is 4.81. The number of benzene rings is 1. The Morgan fingerprint density at radius 1 is 1.19 bits per heavy atom. The summed E-state index contributed by atoms with van der Waals surface area (Å²) in [6, 6.07) is 5.01. The molecule has 0 bridgehead atoms. The Balaban J connectivity index is 0.00000261. The van der Waals surface area contributed by atoms with Gasteiger partial charge in [0.25, 0.3) is 0 Å². The average Bonchev–Trinajstić information content (AvgIpc) is 3.00. The third kappa shape index (κ3) is 6.22. The summed E-state index contributed by atoms with van der Waals surface area (Å²) < 4.78 is 0. The van der Waals surface area contributed by atoms with Gasteiger partial charge in [-0.15, -0.1) is 12.4 Å². The van der Waals surface area contributed by atoms with Gasteiger partial charge < -0.3 is 20.4 Å². The van der Waals surface area contributed by atoms with E-state index < -0.39 is 0 Å². The molecule has 27 heavy (non-hydrogen) atoms. The van der Waals surface area contributed by atoms with Gasteiger partial charge in [0.05, 0.1) is 5.92 Å². The monoisotopic (exact) mass is 434 g/mol. The Hall–Kier alpha value is -1.05. The summed E-state index contributed by atoms with van der Waals surface area (Å²) in [6.07, 6.45) is 1.13. The summed E-state index contributed by atoms with van der Waals surface area (Å²) in [5.74, 6) is -0.474. The van der Waals surface area contributed by atoms with Crippen LogP contribution >= 0.6 is 35.6 Å². The maximum atomic E-state index is 12.4. The van der Waals surface area contributed by atoms with Crippen LogP contribution in [0.1, 0.15) is 12.8 Å². The average molecular weight is 436 g/mol. The second-order valence-electron chi connectivity index (χ2n) is 6.77. The second-order valence-corrected chi connectivity index (χ2v) is 7.64. The predicted octanol–water partition coefficient (Wildman–Crippen LogP) is 2.18. The molecule has 2 aliphatic rings. The van der Waals surface area contributed by atoms with Gasteiger partial charge in [0.2, 0.25) is 11.8 Å². The highest BCUT2D eigenvalue weighted by Gasteiger charge is 2.35. The highest BCUT2D eigenvalue weighted by Crippen LogP contribution is 2.30. The summed E-state index contributed by atoms with van der Waals surface area (Å²) in [4.78, 5) is 28.7. The highest BCUT2D eigenvalue weighted by atomic mass is 35.5. The minimum atomic E-state index is -0.334. The molecule has 9 heteroatoms. The molecule has 2 aliphatic heterocycles. The van der Waals surface area contributed by atoms with Gasteiger partial charge >= 0.3 is 0 Å². The van der Waals surface area contributed by atoms with Gasteiger partial charge in [0.15, 0.2) is 0 Å². The van der Waals surface area contributed by atoms with Crippen LogP contribution in [-0.2, 0) is 9.59 Å². The van der Waals surface area contributed by atoms with E-state index >= 15 is 0 Å². The first-order chi connectivity index (χ1) is 12.5. The zero-order chi connectivity index (χ0) is 18.5. The molecular formula is C18H25Cl3N4O2. The van der Waals surface area contributed by atoms with E-state index in [-0.39, 0.29) is 36.6 Å². The number of halogens is 3. The predicted molar refractivity (Wildman–Crippen MR) is 111 cm³/mol. The van der Waals surface area contributed by atoms with Crippen LogP contribution in [0.25, 0.3) is 0 Å². The molecule has 0 spiro atoms. The Bertz CT molecular complexity index is 648. The van der Waals surface area contributed by atoms with Gasteiger partial charge in [-0.25, -0.2) is 0 Å². The fourth-order valence-electron chi connectivity index (χ4n) is 3.42. The number of nitrogens with zero attached hydrogens (tertiary/aromatic N) is 2. The molecule has 0 aromatic heterocycles. The van der Waals surface area contributed by atoms with Crippen LogP contribution in [0.15, 0.2) is 18.2 Å². The summed E-state index contributed by atoms with van der Waals surface area (Å²) in [5.41, 5.74) is 0.640. The first-order valence-electron chi connectivity index (χ1n) is 9.00. The fourth-order valence-corrected chi connectivity index (χ4v) is 3.94. The van der Waals surface area contributed by atoms with Crippen molar-refractivity contribution >= 4 is 53.1 Å². The minimum absolute atomic E-state index is 0. The number of nitrogens with one attached hydrogen (secondary N) is 2. The molecular weight excluding hydrogens is 411 g/mol. The molecule has 2 heterocycles. The third-order valence-corrected chi connectivity index (χ3v) is 5.25. The summed E-state index contributed by atoms with van der Waals surface area (Å²) in [5, 5.41) is 7.24. The Morgan fingerprint density at radius 2 is 1.85 bits per heavy atom. The molecule has 1 aromatic rings. The Kier molecular flexibility index (Phi) is 8.63. The summed E-state index contributed by atoms with van der Waals surface area (Å²) >= 11 is 12.0. The highest BCUT2D eigenvalue weighted by molar-refractivity contribution is 6.35. The lowest BCUT2D eigenvalue weighted by molar-refractivity contribution is -0.126. The Morgan fingerprint density at radius 3 is 2.52 bits per heavy atom. The van der Waals surface area contributed by atoms with Crippen LogP contribution < -0.4 is 15.5 Å². The molecule has 0 radical (unpaired) electrons. The lowest BCUT2D eigenvalue weighted by Gasteiger charge is -2.27. The number of rotatable bonds is 6. The van der Waals surface area contributed by atoms with Crippen LogP contribution in [0, 0.1) is 5.92 Å². The summed E-state index contributed by atoms with van der Waals surface area (Å²) in [7, 11) is 0. The molecule has 0 aliphatic carbocycles. The maximum absolute atomic E-state index is 12.4. The molecule has 1 unspecified atom stereocenters. The van der Waals surface area contributed by atoms with Crippen molar-refractivity contribution in [2.75, 3.05) is 50.7 Å². The van der Waals surface area contributed by atoms with E-state index in [1.807, 2.05) is 0 Å². The number of hydrogen-bond donors (Lipinski definition) is 2. The zero-order valence-electron chi connectivity index (χ0n) is 15.0. The van der Waals surface area contributed by atoms with Crippen LogP contribution in [0.5, 0.6) is 0 Å². The van der Waals surface area contributed by atoms with E-state index in [9.17, 15) is 9.59 Å². The number of amides is 2. The quantitative estimate of drug-likeness (QED) is 0.672. The first kappa shape index (κ1) is 22.2. The van der Waals surface area contributed by atoms with Crippen molar-refractivity contribution in [3.63, 3.8) is 0 Å². The van der Waals surface area contributed by atoms with Gasteiger partial charge in [-0.3, -0.25) is 9.59 Å². The first-order valence-corrected chi connectivity index (χ1v) is 9.76. The SMILES string of the molecule is Cl.O=C(NCCCN1CCNCC1)C1CC(=O)N(c2cc(Cl)cc(Cl)c2)C1. The number of carbonyl (C=O) groups excluding carboxylic acids is 2. The van der Waals surface area contributed by atoms with Crippen molar-refractivity contribution in [3.8, 4) is 0 Å². The van der Waals surface area contributed by atoms with E-state index in [1.54, 1.807) is 23.1 Å². The van der Waals surface area contributed by atoms with Crippen molar-refractivity contribution in [2.45, 2.75) is 12.8 Å². The largest absolute Gasteiger partial charge is 0.356 e.